The minimum atomic E-state index is -0.407. The van der Waals surface area contributed by atoms with E-state index in [1.165, 1.54) is 12.1 Å². The molecule has 0 aromatic heterocycles. The number of halogens is 1. The zero-order chi connectivity index (χ0) is 14.5. The van der Waals surface area contributed by atoms with E-state index in [1.807, 2.05) is 0 Å². The van der Waals surface area contributed by atoms with E-state index in [-0.39, 0.29) is 5.84 Å². The molecule has 1 saturated heterocycles. The highest BCUT2D eigenvalue weighted by atomic mass is 19.1. The highest BCUT2D eigenvalue weighted by molar-refractivity contribution is 5.98. The van der Waals surface area contributed by atoms with Crippen molar-refractivity contribution < 1.29 is 9.60 Å². The molecule has 0 atom stereocenters. The Labute approximate surface area is 117 Å². The van der Waals surface area contributed by atoms with Gasteiger partial charge >= 0.3 is 0 Å². The number of benzene rings is 1. The van der Waals surface area contributed by atoms with Gasteiger partial charge in [0.25, 0.3) is 0 Å². The number of hydrogen-bond donors (Lipinski definition) is 3. The van der Waals surface area contributed by atoms with E-state index in [0.29, 0.717) is 12.1 Å². The summed E-state index contributed by atoms with van der Waals surface area (Å²) in [6.07, 6.45) is 0. The highest BCUT2D eigenvalue weighted by Gasteiger charge is 2.14. The summed E-state index contributed by atoms with van der Waals surface area (Å²) in [6.45, 7) is 4.37. The van der Waals surface area contributed by atoms with E-state index in [4.69, 9.17) is 10.9 Å². The Balaban J connectivity index is 2.02. The Hall–Kier alpha value is -1.70. The number of hydrogen-bond acceptors (Lipinski definition) is 5. The van der Waals surface area contributed by atoms with Crippen molar-refractivity contribution in [1.29, 1.82) is 0 Å². The van der Waals surface area contributed by atoms with Gasteiger partial charge in [-0.25, -0.2) is 9.40 Å². The molecular formula is C13H20FN5O. The van der Waals surface area contributed by atoms with Crippen LogP contribution in [0, 0.1) is 5.82 Å². The van der Waals surface area contributed by atoms with E-state index in [1.54, 1.807) is 6.07 Å². The number of hydrazine groups is 1. The first-order chi connectivity index (χ1) is 9.60. The Bertz CT molecular complexity index is 486. The fourth-order valence-electron chi connectivity index (χ4n) is 2.16. The molecule has 20 heavy (non-hydrogen) atoms. The minimum Gasteiger partial charge on any atom is -0.409 e. The maximum atomic E-state index is 13.3. The van der Waals surface area contributed by atoms with Crippen molar-refractivity contribution in [2.75, 3.05) is 33.2 Å². The third kappa shape index (κ3) is 3.66. The van der Waals surface area contributed by atoms with Crippen LogP contribution in [0.5, 0.6) is 0 Å². The molecule has 110 valence electrons. The van der Waals surface area contributed by atoms with Crippen molar-refractivity contribution in [1.82, 2.24) is 15.3 Å². The molecule has 7 heteroatoms. The van der Waals surface area contributed by atoms with Gasteiger partial charge in [-0.2, -0.15) is 0 Å². The summed E-state index contributed by atoms with van der Waals surface area (Å²) < 4.78 is 13.3. The quantitative estimate of drug-likeness (QED) is 0.317. The zero-order valence-electron chi connectivity index (χ0n) is 11.5. The Morgan fingerprint density at radius 3 is 2.75 bits per heavy atom. The molecule has 1 aliphatic heterocycles. The van der Waals surface area contributed by atoms with Crippen LogP contribution in [0.1, 0.15) is 11.1 Å². The first-order valence-corrected chi connectivity index (χ1v) is 6.53. The van der Waals surface area contributed by atoms with Crippen LogP contribution < -0.4 is 11.2 Å². The van der Waals surface area contributed by atoms with Crippen molar-refractivity contribution in [3.63, 3.8) is 0 Å². The van der Waals surface area contributed by atoms with Gasteiger partial charge in [-0.3, -0.25) is 5.43 Å². The number of oxime groups is 1. The van der Waals surface area contributed by atoms with E-state index < -0.39 is 5.82 Å². The number of rotatable bonds is 4. The molecule has 0 saturated carbocycles. The summed E-state index contributed by atoms with van der Waals surface area (Å²) in [5.41, 5.74) is 10.1. The Kier molecular flexibility index (Phi) is 4.89. The fourth-order valence-corrected chi connectivity index (χ4v) is 2.16. The topological polar surface area (TPSA) is 77.1 Å². The lowest BCUT2D eigenvalue weighted by atomic mass is 10.1. The minimum absolute atomic E-state index is 0.0836. The van der Waals surface area contributed by atoms with Crippen molar-refractivity contribution in [3.05, 3.63) is 35.1 Å². The molecule has 1 aromatic rings. The summed E-state index contributed by atoms with van der Waals surface area (Å²) in [7, 11) is 2.09. The summed E-state index contributed by atoms with van der Waals surface area (Å²) in [6, 6.07) is 4.29. The fraction of sp³-hybridized carbons (Fsp3) is 0.462. The summed E-state index contributed by atoms with van der Waals surface area (Å²) in [5.74, 6) is -0.491. The lowest BCUT2D eigenvalue weighted by Crippen LogP contribution is -2.50. The van der Waals surface area contributed by atoms with Crippen molar-refractivity contribution in [2.24, 2.45) is 10.9 Å². The molecule has 0 spiro atoms. The standard InChI is InChI=1S/C13H20FN5O/c1-18-4-6-19(7-5-18)16-9-10-2-3-11(14)8-12(10)13(15)17-20/h2-3,8,16,20H,4-7,9H2,1H3,(H2,15,17). The van der Waals surface area contributed by atoms with Gasteiger partial charge in [-0.1, -0.05) is 11.2 Å². The van der Waals surface area contributed by atoms with Gasteiger partial charge in [0, 0.05) is 38.3 Å². The Morgan fingerprint density at radius 2 is 2.10 bits per heavy atom. The molecule has 2 rings (SSSR count). The van der Waals surface area contributed by atoms with Crippen molar-refractivity contribution in [3.8, 4) is 0 Å². The van der Waals surface area contributed by atoms with Crippen molar-refractivity contribution >= 4 is 5.84 Å². The van der Waals surface area contributed by atoms with Gasteiger partial charge in [-0.05, 0) is 24.7 Å². The molecule has 1 fully saturated rings. The summed E-state index contributed by atoms with van der Waals surface area (Å²) >= 11 is 0. The molecule has 1 aliphatic rings. The molecule has 4 N–H and O–H groups in total. The predicted octanol–water partition coefficient (Wildman–Crippen LogP) is 0.172. The molecule has 0 aliphatic carbocycles. The van der Waals surface area contributed by atoms with Crippen LogP contribution in [0.4, 0.5) is 4.39 Å². The lowest BCUT2D eigenvalue weighted by molar-refractivity contribution is 0.102. The SMILES string of the molecule is CN1CCN(NCc2ccc(F)cc2/C(N)=N/O)CC1. The average molecular weight is 281 g/mol. The second kappa shape index (κ2) is 6.65. The normalized spacial score (nSPS) is 18.4. The van der Waals surface area contributed by atoms with Crippen LogP contribution in [0.15, 0.2) is 23.4 Å². The number of likely N-dealkylation sites (N-methyl/N-ethyl adjacent to an activating group) is 1. The van der Waals surface area contributed by atoms with Crippen LogP contribution in [-0.2, 0) is 6.54 Å². The average Bonchev–Trinajstić information content (AvgIpc) is 2.46. The predicted molar refractivity (Wildman–Crippen MR) is 74.8 cm³/mol. The van der Waals surface area contributed by atoms with E-state index in [0.717, 1.165) is 31.7 Å². The summed E-state index contributed by atoms with van der Waals surface area (Å²) in [5, 5.41) is 13.8. The van der Waals surface area contributed by atoms with Crippen LogP contribution in [-0.4, -0.2) is 54.2 Å². The number of piperazine rings is 1. The van der Waals surface area contributed by atoms with Crippen LogP contribution in [0.2, 0.25) is 0 Å². The second-order valence-corrected chi connectivity index (χ2v) is 4.91. The van der Waals surface area contributed by atoms with E-state index in [9.17, 15) is 4.39 Å². The van der Waals surface area contributed by atoms with Gasteiger partial charge in [0.15, 0.2) is 5.84 Å². The van der Waals surface area contributed by atoms with Crippen LogP contribution in [0.25, 0.3) is 0 Å². The molecule has 0 bridgehead atoms. The maximum absolute atomic E-state index is 13.3. The smallest absolute Gasteiger partial charge is 0.170 e. The van der Waals surface area contributed by atoms with Gasteiger partial charge < -0.3 is 15.8 Å². The summed E-state index contributed by atoms with van der Waals surface area (Å²) in [4.78, 5) is 2.26. The van der Waals surface area contributed by atoms with Gasteiger partial charge in [0.05, 0.1) is 0 Å². The maximum Gasteiger partial charge on any atom is 0.170 e. The third-order valence-corrected chi connectivity index (χ3v) is 3.45. The van der Waals surface area contributed by atoms with E-state index in [2.05, 4.69) is 27.5 Å². The van der Waals surface area contributed by atoms with Crippen LogP contribution in [0.3, 0.4) is 0 Å². The molecule has 6 nitrogen and oxygen atoms in total. The van der Waals surface area contributed by atoms with Gasteiger partial charge in [-0.15, -0.1) is 0 Å². The van der Waals surface area contributed by atoms with Crippen molar-refractivity contribution in [2.45, 2.75) is 6.54 Å². The van der Waals surface area contributed by atoms with Crippen LogP contribution >= 0.6 is 0 Å². The van der Waals surface area contributed by atoms with Gasteiger partial charge in [0.2, 0.25) is 0 Å². The monoisotopic (exact) mass is 281 g/mol. The van der Waals surface area contributed by atoms with E-state index >= 15 is 0 Å². The first kappa shape index (κ1) is 14.7. The largest absolute Gasteiger partial charge is 0.409 e. The number of nitrogens with two attached hydrogens (primary N) is 1. The molecular weight excluding hydrogens is 261 g/mol. The molecule has 1 heterocycles. The first-order valence-electron chi connectivity index (χ1n) is 6.53. The number of amidine groups is 1. The Morgan fingerprint density at radius 1 is 1.40 bits per heavy atom. The lowest BCUT2D eigenvalue weighted by Gasteiger charge is -2.32. The number of nitrogens with zero attached hydrogens (tertiary/aromatic N) is 3. The molecule has 0 unspecified atom stereocenters. The second-order valence-electron chi connectivity index (χ2n) is 4.91. The van der Waals surface area contributed by atoms with Gasteiger partial charge in [0.1, 0.15) is 5.82 Å². The number of nitrogens with one attached hydrogen (secondary N) is 1. The molecule has 1 aromatic carbocycles. The molecule has 0 radical (unpaired) electrons. The molecule has 0 amide bonds. The zero-order valence-corrected chi connectivity index (χ0v) is 11.5. The third-order valence-electron chi connectivity index (χ3n) is 3.45. The highest BCUT2D eigenvalue weighted by Crippen LogP contribution is 2.11.